The van der Waals surface area contributed by atoms with Crippen molar-refractivity contribution >= 4 is 64.6 Å². The van der Waals surface area contributed by atoms with E-state index < -0.39 is 0 Å². The Morgan fingerprint density at radius 3 is 1.37 bits per heavy atom. The Balaban J connectivity index is 1.02. The van der Waals surface area contributed by atoms with E-state index in [1.165, 1.54) is 120 Å². The zero-order chi connectivity index (χ0) is 37.8. The van der Waals surface area contributed by atoms with Crippen LogP contribution in [-0.2, 0) is 5.41 Å². The molecular weight excluding hydrogens is 685 g/mol. The van der Waals surface area contributed by atoms with Crippen LogP contribution < -0.4 is 0 Å². The lowest BCUT2D eigenvalue weighted by Gasteiger charge is -2.24. The topological polar surface area (TPSA) is 0 Å². The Morgan fingerprint density at radius 1 is 0.281 bits per heavy atom. The second kappa shape index (κ2) is 12.0. The molecule has 0 radical (unpaired) electrons. The standard InChI is InChI=1S/C57H38/c1-57(2)52-33-38(51-32-40-26-24-36-14-5-6-16-42(36)54(40)46-18-8-7-17-43(46)51)27-29-44(52)45-30-28-41(34-53(45)57)56-49-21-11-9-19-47(49)55(48-20-10-12-22-50(48)56)39-25-23-35-13-3-4-15-37(35)31-39/h3-34H,1-2H3. The van der Waals surface area contributed by atoms with E-state index in [-0.39, 0.29) is 5.41 Å². The SMILES string of the molecule is CC1(C)c2cc(-c3c4ccccc4c(-c4ccc5ccccc5c4)c4ccccc34)ccc2-c2ccc(-c3cc4ccc5ccccc5c4c4ccccc34)cc21. The molecule has 0 bridgehead atoms. The van der Waals surface area contributed by atoms with Crippen molar-refractivity contribution < 1.29 is 0 Å². The molecule has 1 aliphatic carbocycles. The Morgan fingerprint density at radius 2 is 0.719 bits per heavy atom. The molecule has 0 saturated heterocycles. The quantitative estimate of drug-likeness (QED) is 0.126. The molecule has 0 unspecified atom stereocenters. The van der Waals surface area contributed by atoms with Crippen LogP contribution in [0.5, 0.6) is 0 Å². The van der Waals surface area contributed by atoms with Gasteiger partial charge in [-0.25, -0.2) is 0 Å². The third kappa shape index (κ3) is 4.68. The van der Waals surface area contributed by atoms with Gasteiger partial charge in [-0.1, -0.05) is 184 Å². The van der Waals surface area contributed by atoms with Crippen molar-refractivity contribution in [2.24, 2.45) is 0 Å². The van der Waals surface area contributed by atoms with Gasteiger partial charge in [0.1, 0.15) is 0 Å². The van der Waals surface area contributed by atoms with Crippen LogP contribution >= 0.6 is 0 Å². The normalized spacial score (nSPS) is 13.2. The molecule has 0 spiro atoms. The van der Waals surface area contributed by atoms with Crippen LogP contribution in [0.2, 0.25) is 0 Å². The highest BCUT2D eigenvalue weighted by Gasteiger charge is 2.36. The van der Waals surface area contributed by atoms with E-state index in [9.17, 15) is 0 Å². The first kappa shape index (κ1) is 32.2. The van der Waals surface area contributed by atoms with Gasteiger partial charge in [-0.05, 0) is 145 Å². The number of hydrogen-bond donors (Lipinski definition) is 0. The van der Waals surface area contributed by atoms with E-state index in [4.69, 9.17) is 0 Å². The molecule has 11 aromatic rings. The summed E-state index contributed by atoms with van der Waals surface area (Å²) in [5.74, 6) is 0. The van der Waals surface area contributed by atoms with Crippen LogP contribution in [0, 0.1) is 0 Å². The Kier molecular flexibility index (Phi) is 6.78. The average Bonchev–Trinajstić information content (AvgIpc) is 3.49. The summed E-state index contributed by atoms with van der Waals surface area (Å²) in [7, 11) is 0. The van der Waals surface area contributed by atoms with E-state index in [1.807, 2.05) is 0 Å². The maximum Gasteiger partial charge on any atom is 0.0159 e. The van der Waals surface area contributed by atoms with Gasteiger partial charge in [-0.2, -0.15) is 0 Å². The minimum Gasteiger partial charge on any atom is -0.0616 e. The highest BCUT2D eigenvalue weighted by molar-refractivity contribution is 6.24. The van der Waals surface area contributed by atoms with Crippen molar-refractivity contribution in [3.05, 3.63) is 205 Å². The predicted octanol–water partition coefficient (Wildman–Crippen LogP) is 15.9. The molecule has 0 heterocycles. The van der Waals surface area contributed by atoms with Gasteiger partial charge in [-0.3, -0.25) is 0 Å². The largest absolute Gasteiger partial charge is 0.0616 e. The molecule has 266 valence electrons. The fourth-order valence-corrected chi connectivity index (χ4v) is 10.3. The van der Waals surface area contributed by atoms with Crippen molar-refractivity contribution in [1.29, 1.82) is 0 Å². The smallest absolute Gasteiger partial charge is 0.0159 e. The minimum absolute atomic E-state index is 0.184. The maximum atomic E-state index is 2.50. The first-order valence-corrected chi connectivity index (χ1v) is 20.1. The fourth-order valence-electron chi connectivity index (χ4n) is 10.3. The lowest BCUT2D eigenvalue weighted by molar-refractivity contribution is 0.661. The molecule has 0 fully saturated rings. The molecule has 0 N–H and O–H groups in total. The van der Waals surface area contributed by atoms with Crippen molar-refractivity contribution in [3.8, 4) is 44.5 Å². The van der Waals surface area contributed by atoms with Crippen molar-refractivity contribution in [2.45, 2.75) is 19.3 Å². The summed E-state index contributed by atoms with van der Waals surface area (Å²) < 4.78 is 0. The van der Waals surface area contributed by atoms with E-state index in [1.54, 1.807) is 0 Å². The average molecular weight is 723 g/mol. The zero-order valence-corrected chi connectivity index (χ0v) is 32.0. The van der Waals surface area contributed by atoms with Crippen molar-refractivity contribution in [1.82, 2.24) is 0 Å². The number of rotatable bonds is 3. The zero-order valence-electron chi connectivity index (χ0n) is 32.0. The molecule has 0 heteroatoms. The lowest BCUT2D eigenvalue weighted by atomic mass is 9.79. The highest BCUT2D eigenvalue weighted by Crippen LogP contribution is 2.53. The van der Waals surface area contributed by atoms with Gasteiger partial charge in [0, 0.05) is 5.41 Å². The molecule has 0 aliphatic heterocycles. The Bertz CT molecular complexity index is 3430. The lowest BCUT2D eigenvalue weighted by Crippen LogP contribution is -2.15. The highest BCUT2D eigenvalue weighted by atomic mass is 14.4. The van der Waals surface area contributed by atoms with E-state index >= 15 is 0 Å². The second-order valence-electron chi connectivity index (χ2n) is 16.4. The Hall–Kier alpha value is -7.02. The van der Waals surface area contributed by atoms with Gasteiger partial charge in [0.05, 0.1) is 0 Å². The molecule has 1 aliphatic rings. The van der Waals surface area contributed by atoms with Gasteiger partial charge < -0.3 is 0 Å². The Labute approximate surface area is 332 Å². The molecule has 57 heavy (non-hydrogen) atoms. The van der Waals surface area contributed by atoms with E-state index in [2.05, 4.69) is 208 Å². The summed E-state index contributed by atoms with van der Waals surface area (Å²) in [6, 6.07) is 72.7. The van der Waals surface area contributed by atoms with Crippen LogP contribution in [-0.4, -0.2) is 0 Å². The molecule has 0 aromatic heterocycles. The summed E-state index contributed by atoms with van der Waals surface area (Å²) in [6.07, 6.45) is 0. The number of fused-ring (bicyclic) bond motifs is 11. The maximum absolute atomic E-state index is 2.50. The van der Waals surface area contributed by atoms with Gasteiger partial charge in [0.2, 0.25) is 0 Å². The summed E-state index contributed by atoms with van der Waals surface area (Å²) in [4.78, 5) is 0. The van der Waals surface area contributed by atoms with Crippen LogP contribution in [0.3, 0.4) is 0 Å². The van der Waals surface area contributed by atoms with Crippen molar-refractivity contribution in [3.63, 3.8) is 0 Å². The summed E-state index contributed by atoms with van der Waals surface area (Å²) >= 11 is 0. The van der Waals surface area contributed by atoms with Crippen molar-refractivity contribution in [2.75, 3.05) is 0 Å². The van der Waals surface area contributed by atoms with Gasteiger partial charge in [0.15, 0.2) is 0 Å². The minimum atomic E-state index is -0.184. The first-order valence-electron chi connectivity index (χ1n) is 20.1. The van der Waals surface area contributed by atoms with Gasteiger partial charge in [-0.15, -0.1) is 0 Å². The summed E-state index contributed by atoms with van der Waals surface area (Å²) in [5.41, 5.74) is 12.9. The third-order valence-electron chi connectivity index (χ3n) is 13.0. The van der Waals surface area contributed by atoms with Crippen LogP contribution in [0.4, 0.5) is 0 Å². The number of hydrogen-bond acceptors (Lipinski definition) is 0. The molecule has 11 aromatic carbocycles. The molecule has 0 saturated carbocycles. The number of benzene rings is 11. The summed E-state index contributed by atoms with van der Waals surface area (Å²) in [5, 5.41) is 15.5. The third-order valence-corrected chi connectivity index (χ3v) is 13.0. The second-order valence-corrected chi connectivity index (χ2v) is 16.4. The predicted molar refractivity (Wildman–Crippen MR) is 245 cm³/mol. The molecule has 12 rings (SSSR count). The molecule has 0 nitrogen and oxygen atoms in total. The van der Waals surface area contributed by atoms with E-state index in [0.717, 1.165) is 0 Å². The fraction of sp³-hybridized carbons (Fsp3) is 0.0526. The molecule has 0 amide bonds. The van der Waals surface area contributed by atoms with E-state index in [0.29, 0.717) is 0 Å². The van der Waals surface area contributed by atoms with Gasteiger partial charge >= 0.3 is 0 Å². The van der Waals surface area contributed by atoms with Crippen LogP contribution in [0.1, 0.15) is 25.0 Å². The molecular formula is C57H38. The first-order chi connectivity index (χ1) is 28.0. The summed E-state index contributed by atoms with van der Waals surface area (Å²) in [6.45, 7) is 4.82. The monoisotopic (exact) mass is 722 g/mol. The molecule has 0 atom stereocenters. The van der Waals surface area contributed by atoms with Gasteiger partial charge in [0.25, 0.3) is 0 Å². The van der Waals surface area contributed by atoms with Crippen LogP contribution in [0.25, 0.3) is 109 Å². The van der Waals surface area contributed by atoms with Crippen LogP contribution in [0.15, 0.2) is 194 Å².